The number of hydrogen-bond acceptors (Lipinski definition) is 7. The van der Waals surface area contributed by atoms with Gasteiger partial charge in [-0.05, 0) is 44.4 Å². The molecule has 0 bridgehead atoms. The molecule has 0 aliphatic heterocycles. The molecule has 0 saturated heterocycles. The molecular weight excluding hydrogens is 394 g/mol. The second-order valence-corrected chi connectivity index (χ2v) is 8.37. The number of carbonyl (C=O) groups is 2. The minimum absolute atomic E-state index is 0.108. The number of nitrogens with zero attached hydrogens (tertiary/aromatic N) is 1. The number of ether oxygens (including phenoxy) is 1. The number of H-pyrrole nitrogens is 1. The van der Waals surface area contributed by atoms with Gasteiger partial charge in [0.15, 0.2) is 17.7 Å². The summed E-state index contributed by atoms with van der Waals surface area (Å²) in [6.45, 7) is 9.02. The van der Waals surface area contributed by atoms with E-state index in [9.17, 15) is 14.4 Å². The van der Waals surface area contributed by atoms with Crippen molar-refractivity contribution in [1.82, 2.24) is 15.3 Å². The van der Waals surface area contributed by atoms with Crippen LogP contribution in [0.3, 0.4) is 0 Å². The van der Waals surface area contributed by atoms with E-state index >= 15 is 0 Å². The molecule has 0 unspecified atom stereocenters. The highest BCUT2D eigenvalue weighted by Crippen LogP contribution is 2.27. The number of furan rings is 1. The predicted octanol–water partition coefficient (Wildman–Crippen LogP) is 3.25. The molecule has 2 N–H and O–H groups in total. The van der Waals surface area contributed by atoms with E-state index in [1.165, 1.54) is 23.7 Å². The first-order chi connectivity index (χ1) is 13.7. The fourth-order valence-electron chi connectivity index (χ4n) is 2.89. The number of rotatable bonds is 6. The van der Waals surface area contributed by atoms with E-state index in [1.54, 1.807) is 26.8 Å². The van der Waals surface area contributed by atoms with Crippen LogP contribution < -0.4 is 10.9 Å². The van der Waals surface area contributed by atoms with Gasteiger partial charge in [0.2, 0.25) is 0 Å². The number of fused-ring (bicyclic) bond motifs is 1. The van der Waals surface area contributed by atoms with E-state index in [4.69, 9.17) is 9.15 Å². The molecule has 0 spiro atoms. The highest BCUT2D eigenvalue weighted by molar-refractivity contribution is 7.18. The monoisotopic (exact) mass is 417 g/mol. The number of aromatic amines is 1. The molecule has 0 aromatic carbocycles. The van der Waals surface area contributed by atoms with Gasteiger partial charge in [0.1, 0.15) is 10.9 Å². The number of thiophene rings is 1. The van der Waals surface area contributed by atoms with Crippen LogP contribution in [0, 0.1) is 19.8 Å². The zero-order valence-electron chi connectivity index (χ0n) is 16.9. The third-order valence-corrected chi connectivity index (χ3v) is 5.79. The number of hydrogen-bond donors (Lipinski definition) is 2. The summed E-state index contributed by atoms with van der Waals surface area (Å²) in [6.07, 6.45) is 0.593. The Morgan fingerprint density at radius 2 is 2.00 bits per heavy atom. The van der Waals surface area contributed by atoms with Crippen LogP contribution in [0.15, 0.2) is 27.6 Å². The Labute approximate surface area is 171 Å². The molecule has 8 nitrogen and oxygen atoms in total. The minimum atomic E-state index is -0.878. The molecule has 0 aliphatic rings. The Morgan fingerprint density at radius 3 is 2.62 bits per heavy atom. The number of aryl methyl sites for hydroxylation is 2. The van der Waals surface area contributed by atoms with Crippen molar-refractivity contribution in [2.45, 2.75) is 46.8 Å². The summed E-state index contributed by atoms with van der Waals surface area (Å²) < 4.78 is 10.6. The fraction of sp³-hybridized carbons (Fsp3) is 0.400. The molecule has 0 fully saturated rings. The van der Waals surface area contributed by atoms with E-state index in [2.05, 4.69) is 15.3 Å². The predicted molar refractivity (Wildman–Crippen MR) is 109 cm³/mol. The Hall–Kier alpha value is -2.94. The minimum Gasteiger partial charge on any atom is -0.459 e. The van der Waals surface area contributed by atoms with Crippen LogP contribution >= 0.6 is 11.3 Å². The van der Waals surface area contributed by atoms with Gasteiger partial charge in [-0.25, -0.2) is 9.78 Å². The number of aromatic nitrogens is 2. The quantitative estimate of drug-likeness (QED) is 0.595. The van der Waals surface area contributed by atoms with E-state index in [1.807, 2.05) is 13.8 Å². The summed E-state index contributed by atoms with van der Waals surface area (Å²) in [4.78, 5) is 46.2. The first-order valence-electron chi connectivity index (χ1n) is 9.23. The molecule has 3 rings (SSSR count). The maximum Gasteiger partial charge on any atom is 0.329 e. The van der Waals surface area contributed by atoms with Gasteiger partial charge in [0.25, 0.3) is 11.5 Å². The normalized spacial score (nSPS) is 13.4. The van der Waals surface area contributed by atoms with Gasteiger partial charge in [0.05, 0.1) is 11.6 Å². The lowest BCUT2D eigenvalue weighted by Gasteiger charge is -2.22. The summed E-state index contributed by atoms with van der Waals surface area (Å²) in [5, 5.41) is 3.19. The number of carbonyl (C=O) groups excluding carboxylic acids is 2. The van der Waals surface area contributed by atoms with Crippen LogP contribution in [0.25, 0.3) is 10.2 Å². The van der Waals surface area contributed by atoms with Crippen molar-refractivity contribution < 1.29 is 18.7 Å². The van der Waals surface area contributed by atoms with E-state index in [0.29, 0.717) is 10.2 Å². The first kappa shape index (κ1) is 20.8. The topological polar surface area (TPSA) is 114 Å². The van der Waals surface area contributed by atoms with Gasteiger partial charge in [-0.2, -0.15) is 0 Å². The second-order valence-electron chi connectivity index (χ2n) is 7.17. The van der Waals surface area contributed by atoms with Gasteiger partial charge >= 0.3 is 5.97 Å². The van der Waals surface area contributed by atoms with Crippen molar-refractivity contribution in [2.75, 3.05) is 0 Å². The third kappa shape index (κ3) is 4.24. The summed E-state index contributed by atoms with van der Waals surface area (Å²) in [5.41, 5.74) is 0.636. The van der Waals surface area contributed by atoms with Crippen LogP contribution in [-0.4, -0.2) is 27.9 Å². The molecule has 2 atom stereocenters. The lowest BCUT2D eigenvalue weighted by atomic mass is 10.0. The average molecular weight is 417 g/mol. The van der Waals surface area contributed by atoms with Crippen molar-refractivity contribution in [2.24, 2.45) is 5.92 Å². The molecule has 3 heterocycles. The zero-order chi connectivity index (χ0) is 21.3. The molecule has 0 aliphatic carbocycles. The molecular formula is C20H23N3O5S. The molecule has 3 aromatic rings. The summed E-state index contributed by atoms with van der Waals surface area (Å²) in [5.74, 6) is -0.969. The standard InChI is InChI=1S/C20H23N3O5S/c1-9(2)15(21-17(24)13-7-6-8-27-13)20(26)28-11(4)16-22-18(25)14-10(3)12(5)29-19(14)23-16/h6-9,11,15H,1-5H3,(H,21,24)(H,22,23,25)/t11-,15-/m0/s1. The van der Waals surface area contributed by atoms with E-state index in [0.717, 1.165) is 10.4 Å². The van der Waals surface area contributed by atoms with Gasteiger partial charge in [-0.15, -0.1) is 11.3 Å². The van der Waals surface area contributed by atoms with Crippen molar-refractivity contribution >= 4 is 33.4 Å². The van der Waals surface area contributed by atoms with E-state index < -0.39 is 24.0 Å². The largest absolute Gasteiger partial charge is 0.459 e. The fourth-order valence-corrected chi connectivity index (χ4v) is 3.92. The van der Waals surface area contributed by atoms with Crippen molar-refractivity contribution in [1.29, 1.82) is 0 Å². The Bertz CT molecular complexity index is 1100. The van der Waals surface area contributed by atoms with Crippen LogP contribution in [0.1, 0.15) is 53.7 Å². The molecule has 29 heavy (non-hydrogen) atoms. The molecule has 9 heteroatoms. The van der Waals surface area contributed by atoms with Crippen LogP contribution in [0.4, 0.5) is 0 Å². The number of amides is 1. The molecule has 0 saturated carbocycles. The first-order valence-corrected chi connectivity index (χ1v) is 10.1. The molecule has 154 valence electrons. The summed E-state index contributed by atoms with van der Waals surface area (Å²) in [7, 11) is 0. The van der Waals surface area contributed by atoms with Gasteiger partial charge in [0, 0.05) is 4.88 Å². The van der Waals surface area contributed by atoms with Gasteiger partial charge in [-0.1, -0.05) is 13.8 Å². The van der Waals surface area contributed by atoms with Gasteiger partial charge in [-0.3, -0.25) is 9.59 Å². The maximum atomic E-state index is 12.7. The van der Waals surface area contributed by atoms with Crippen molar-refractivity contribution in [3.05, 3.63) is 50.8 Å². The lowest BCUT2D eigenvalue weighted by molar-refractivity contribution is -0.152. The summed E-state index contributed by atoms with van der Waals surface area (Å²) in [6, 6.07) is 2.22. The van der Waals surface area contributed by atoms with Crippen LogP contribution in [0.5, 0.6) is 0 Å². The molecule has 3 aromatic heterocycles. The van der Waals surface area contributed by atoms with Crippen LogP contribution in [0.2, 0.25) is 0 Å². The summed E-state index contributed by atoms with van der Waals surface area (Å²) >= 11 is 1.42. The average Bonchev–Trinajstić information content (AvgIpc) is 3.28. The second kappa shape index (κ2) is 8.20. The zero-order valence-corrected chi connectivity index (χ0v) is 17.7. The number of nitrogens with one attached hydrogen (secondary N) is 2. The lowest BCUT2D eigenvalue weighted by Crippen LogP contribution is -2.45. The van der Waals surface area contributed by atoms with Crippen molar-refractivity contribution in [3.8, 4) is 0 Å². The highest BCUT2D eigenvalue weighted by Gasteiger charge is 2.29. The molecule has 1 amide bonds. The molecule has 0 radical (unpaired) electrons. The Balaban J connectivity index is 1.78. The maximum absolute atomic E-state index is 12.7. The SMILES string of the molecule is Cc1sc2nc([C@H](C)OC(=O)[C@@H](NC(=O)c3ccco3)C(C)C)[nH]c(=O)c2c1C. The smallest absolute Gasteiger partial charge is 0.329 e. The van der Waals surface area contributed by atoms with Crippen LogP contribution in [-0.2, 0) is 9.53 Å². The van der Waals surface area contributed by atoms with E-state index in [-0.39, 0.29) is 23.1 Å². The highest BCUT2D eigenvalue weighted by atomic mass is 32.1. The Kier molecular flexibility index (Phi) is 5.88. The van der Waals surface area contributed by atoms with Gasteiger partial charge < -0.3 is 19.5 Å². The van der Waals surface area contributed by atoms with Crippen molar-refractivity contribution in [3.63, 3.8) is 0 Å². The Morgan fingerprint density at radius 1 is 1.28 bits per heavy atom. The number of esters is 1. The third-order valence-electron chi connectivity index (χ3n) is 4.69.